The molecule has 0 aromatic heterocycles. The van der Waals surface area contributed by atoms with E-state index < -0.39 is 0 Å². The normalized spacial score (nSPS) is 10.1. The molecule has 0 saturated carbocycles. The van der Waals surface area contributed by atoms with Crippen LogP contribution in [0.25, 0.3) is 0 Å². The zero-order chi connectivity index (χ0) is 23.5. The maximum atomic E-state index is 12.3. The van der Waals surface area contributed by atoms with E-state index in [0.717, 1.165) is 11.1 Å². The van der Waals surface area contributed by atoms with Crippen molar-refractivity contribution < 1.29 is 19.8 Å². The molecule has 0 amide bonds. The predicted octanol–water partition coefficient (Wildman–Crippen LogP) is 4.86. The first kappa shape index (κ1) is 23.8. The third-order valence-corrected chi connectivity index (χ3v) is 5.11. The Kier molecular flexibility index (Phi) is 8.83. The molecular weight excluding hydrogens is 412 g/mol. The van der Waals surface area contributed by atoms with Gasteiger partial charge in [-0.05, 0) is 17.5 Å². The topological polar surface area (TPSA) is 74.6 Å². The van der Waals surface area contributed by atoms with Crippen molar-refractivity contribution in [2.45, 2.75) is 13.0 Å². The Morgan fingerprint density at radius 3 is 1.58 bits per heavy atom. The molecular formula is C29H26O4. The van der Waals surface area contributed by atoms with Gasteiger partial charge in [0.25, 0.3) is 0 Å². The van der Waals surface area contributed by atoms with Crippen molar-refractivity contribution in [3.05, 3.63) is 143 Å². The van der Waals surface area contributed by atoms with Crippen molar-refractivity contribution >= 4 is 11.6 Å². The minimum absolute atomic E-state index is 0.000191. The van der Waals surface area contributed by atoms with Gasteiger partial charge >= 0.3 is 0 Å². The molecule has 2 N–H and O–H groups in total. The second-order valence-corrected chi connectivity index (χ2v) is 7.38. The van der Waals surface area contributed by atoms with Gasteiger partial charge in [-0.25, -0.2) is 0 Å². The van der Waals surface area contributed by atoms with Crippen molar-refractivity contribution in [1.82, 2.24) is 0 Å². The summed E-state index contributed by atoms with van der Waals surface area (Å²) in [4.78, 5) is 24.2. The highest BCUT2D eigenvalue weighted by Gasteiger charge is 2.12. The van der Waals surface area contributed by atoms with Gasteiger partial charge in [-0.3, -0.25) is 9.59 Å². The molecule has 0 bridgehead atoms. The van der Waals surface area contributed by atoms with Gasteiger partial charge in [-0.2, -0.15) is 0 Å². The van der Waals surface area contributed by atoms with E-state index in [1.54, 1.807) is 54.6 Å². The number of aliphatic hydroxyl groups is 2. The van der Waals surface area contributed by atoms with Crippen molar-refractivity contribution in [1.29, 1.82) is 0 Å². The van der Waals surface area contributed by atoms with Crippen LogP contribution >= 0.6 is 0 Å². The van der Waals surface area contributed by atoms with E-state index in [0.29, 0.717) is 28.7 Å². The monoisotopic (exact) mass is 438 g/mol. The molecule has 0 aliphatic rings. The molecule has 0 fully saturated rings. The molecule has 0 spiro atoms. The molecule has 4 aromatic rings. The zero-order valence-corrected chi connectivity index (χ0v) is 18.2. The van der Waals surface area contributed by atoms with Crippen LogP contribution in [0, 0.1) is 0 Å². The van der Waals surface area contributed by atoms with E-state index in [1.165, 1.54) is 0 Å². The molecule has 4 rings (SSSR count). The Labute approximate surface area is 193 Å². The number of hydrogen-bond donors (Lipinski definition) is 2. The molecule has 33 heavy (non-hydrogen) atoms. The quantitative estimate of drug-likeness (QED) is 0.404. The van der Waals surface area contributed by atoms with E-state index in [2.05, 4.69) is 0 Å². The summed E-state index contributed by atoms with van der Waals surface area (Å²) in [6, 6.07) is 32.8. The van der Waals surface area contributed by atoms with Crippen LogP contribution in [-0.4, -0.2) is 28.4 Å². The summed E-state index contributed by atoms with van der Waals surface area (Å²) in [5, 5.41) is 17.9. The van der Waals surface area contributed by atoms with E-state index in [-0.39, 0.29) is 24.8 Å². The third kappa shape index (κ3) is 6.56. The largest absolute Gasteiger partial charge is 0.396 e. The van der Waals surface area contributed by atoms with Gasteiger partial charge in [0, 0.05) is 28.9 Å². The standard InChI is InChI=1S/C15H14O2.C14H12O2/c16-11-10-12-6-4-5-9-14(12)15(17)13-7-2-1-3-8-13;15-10-11-6-8-13(9-7-11)14(16)12-4-2-1-3-5-12/h1-9,16H,10-11H2;1-9,15H,10H2. The summed E-state index contributed by atoms with van der Waals surface area (Å²) in [6.45, 7) is 0.0545. The minimum atomic E-state index is -0.000191. The van der Waals surface area contributed by atoms with Crippen LogP contribution in [0.1, 0.15) is 43.0 Å². The average Bonchev–Trinajstić information content (AvgIpc) is 2.90. The van der Waals surface area contributed by atoms with Gasteiger partial charge in [0.1, 0.15) is 0 Å². The lowest BCUT2D eigenvalue weighted by Gasteiger charge is -2.07. The van der Waals surface area contributed by atoms with Gasteiger partial charge in [0.15, 0.2) is 11.6 Å². The highest BCUT2D eigenvalue weighted by molar-refractivity contribution is 6.10. The molecule has 0 aliphatic heterocycles. The lowest BCUT2D eigenvalue weighted by Crippen LogP contribution is -2.06. The lowest BCUT2D eigenvalue weighted by atomic mass is 9.97. The van der Waals surface area contributed by atoms with E-state index in [9.17, 15) is 9.59 Å². The molecule has 166 valence electrons. The van der Waals surface area contributed by atoms with Gasteiger partial charge in [-0.1, -0.05) is 109 Å². The first-order chi connectivity index (χ1) is 16.1. The number of carbonyl (C=O) groups is 2. The highest BCUT2D eigenvalue weighted by Crippen LogP contribution is 2.15. The number of ketones is 2. The molecule has 4 nitrogen and oxygen atoms in total. The third-order valence-electron chi connectivity index (χ3n) is 5.11. The Morgan fingerprint density at radius 2 is 1.03 bits per heavy atom. The molecule has 0 unspecified atom stereocenters. The second kappa shape index (κ2) is 12.2. The molecule has 0 saturated heterocycles. The first-order valence-corrected chi connectivity index (χ1v) is 10.7. The zero-order valence-electron chi connectivity index (χ0n) is 18.2. The van der Waals surface area contributed by atoms with Crippen molar-refractivity contribution in [3.63, 3.8) is 0 Å². The van der Waals surface area contributed by atoms with E-state index in [4.69, 9.17) is 10.2 Å². The minimum Gasteiger partial charge on any atom is -0.396 e. The van der Waals surface area contributed by atoms with Crippen LogP contribution in [0.5, 0.6) is 0 Å². The number of hydrogen-bond acceptors (Lipinski definition) is 4. The molecule has 4 heteroatoms. The summed E-state index contributed by atoms with van der Waals surface area (Å²) in [5.74, 6) is 0.0136. The molecule has 0 atom stereocenters. The van der Waals surface area contributed by atoms with Crippen molar-refractivity contribution in [2.75, 3.05) is 6.61 Å². The van der Waals surface area contributed by atoms with Gasteiger partial charge < -0.3 is 10.2 Å². The van der Waals surface area contributed by atoms with Crippen LogP contribution in [0.3, 0.4) is 0 Å². The smallest absolute Gasteiger partial charge is 0.193 e. The molecule has 0 radical (unpaired) electrons. The fourth-order valence-electron chi connectivity index (χ4n) is 3.34. The maximum absolute atomic E-state index is 12.3. The van der Waals surface area contributed by atoms with Gasteiger partial charge in [-0.15, -0.1) is 0 Å². The maximum Gasteiger partial charge on any atom is 0.193 e. The SMILES string of the molecule is O=C(c1ccccc1)c1ccc(CO)cc1.O=C(c1ccccc1)c1ccccc1CCO. The Hall–Kier alpha value is -3.86. The summed E-state index contributed by atoms with van der Waals surface area (Å²) >= 11 is 0. The summed E-state index contributed by atoms with van der Waals surface area (Å²) in [6.07, 6.45) is 0.509. The number of rotatable bonds is 7. The fraction of sp³-hybridized carbons (Fsp3) is 0.103. The summed E-state index contributed by atoms with van der Waals surface area (Å²) < 4.78 is 0. The van der Waals surface area contributed by atoms with Crippen molar-refractivity contribution in [2.24, 2.45) is 0 Å². The van der Waals surface area contributed by atoms with Gasteiger partial charge in [0.05, 0.1) is 6.61 Å². The number of aliphatic hydroxyl groups excluding tert-OH is 2. The van der Waals surface area contributed by atoms with Crippen molar-refractivity contribution in [3.8, 4) is 0 Å². The Bertz CT molecular complexity index is 1170. The predicted molar refractivity (Wildman–Crippen MR) is 129 cm³/mol. The Balaban J connectivity index is 0.000000186. The lowest BCUT2D eigenvalue weighted by molar-refractivity contribution is 0.103. The van der Waals surface area contributed by atoms with Crippen LogP contribution < -0.4 is 0 Å². The van der Waals surface area contributed by atoms with Crippen LogP contribution in [0.15, 0.2) is 109 Å². The number of benzene rings is 4. The molecule has 0 aliphatic carbocycles. The van der Waals surface area contributed by atoms with Crippen LogP contribution in [0.4, 0.5) is 0 Å². The molecule has 0 heterocycles. The summed E-state index contributed by atoms with van der Waals surface area (Å²) in [5.41, 5.74) is 4.38. The van der Waals surface area contributed by atoms with E-state index >= 15 is 0 Å². The molecule has 4 aromatic carbocycles. The highest BCUT2D eigenvalue weighted by atomic mass is 16.3. The Morgan fingerprint density at radius 1 is 0.545 bits per heavy atom. The van der Waals surface area contributed by atoms with Crippen LogP contribution in [-0.2, 0) is 13.0 Å². The first-order valence-electron chi connectivity index (χ1n) is 10.7. The average molecular weight is 439 g/mol. The van der Waals surface area contributed by atoms with Crippen LogP contribution in [0.2, 0.25) is 0 Å². The second-order valence-electron chi connectivity index (χ2n) is 7.38. The fourth-order valence-corrected chi connectivity index (χ4v) is 3.34. The van der Waals surface area contributed by atoms with Gasteiger partial charge in [0.2, 0.25) is 0 Å². The van der Waals surface area contributed by atoms with E-state index in [1.807, 2.05) is 54.6 Å². The summed E-state index contributed by atoms with van der Waals surface area (Å²) in [7, 11) is 0. The number of carbonyl (C=O) groups excluding carboxylic acids is 2.